The fraction of sp³-hybridized carbons (Fsp3) is 0.960. The van der Waals surface area contributed by atoms with Crippen molar-refractivity contribution in [3.8, 4) is 0 Å². The summed E-state index contributed by atoms with van der Waals surface area (Å²) in [5.41, 5.74) is 0. The molecule has 1 fully saturated rings. The van der Waals surface area contributed by atoms with Gasteiger partial charge >= 0.3 is 5.97 Å². The SMILES string of the molecule is COC(=O)CCOCCOCCOCCOCCOCCOCCOCCOCCOC1CCNCC1. The molecule has 220 valence electrons. The van der Waals surface area contributed by atoms with Crippen LogP contribution >= 0.6 is 0 Å². The smallest absolute Gasteiger partial charge is 0.307 e. The molecule has 0 aromatic carbocycles. The zero-order valence-corrected chi connectivity index (χ0v) is 22.6. The summed E-state index contributed by atoms with van der Waals surface area (Å²) in [6.45, 7) is 10.8. The largest absolute Gasteiger partial charge is 0.469 e. The van der Waals surface area contributed by atoms with Crippen LogP contribution in [0.1, 0.15) is 19.3 Å². The molecule has 37 heavy (non-hydrogen) atoms. The van der Waals surface area contributed by atoms with Gasteiger partial charge in [-0.15, -0.1) is 0 Å². The summed E-state index contributed by atoms with van der Waals surface area (Å²) in [4.78, 5) is 10.9. The molecule has 1 aliphatic rings. The van der Waals surface area contributed by atoms with E-state index in [0.717, 1.165) is 25.9 Å². The molecule has 1 N–H and O–H groups in total. The molecule has 0 aromatic rings. The van der Waals surface area contributed by atoms with Gasteiger partial charge in [0.05, 0.1) is 132 Å². The number of rotatable bonds is 28. The standard InChI is InChI=1S/C25H49NO11/c1-28-25(27)4-7-29-8-9-30-10-11-31-12-13-32-14-15-33-16-17-34-18-19-35-20-21-36-22-23-37-24-2-5-26-6-3-24/h24,26H,2-23H2,1H3. The first-order chi connectivity index (χ1) is 18.3. The molecule has 0 atom stereocenters. The van der Waals surface area contributed by atoms with Crippen molar-refractivity contribution in [3.63, 3.8) is 0 Å². The summed E-state index contributed by atoms with van der Waals surface area (Å²) in [6, 6.07) is 0. The van der Waals surface area contributed by atoms with Gasteiger partial charge in [-0.1, -0.05) is 0 Å². The second-order valence-electron chi connectivity index (χ2n) is 8.05. The van der Waals surface area contributed by atoms with Crippen molar-refractivity contribution in [2.75, 3.05) is 133 Å². The Balaban J connectivity index is 1.62. The Hall–Kier alpha value is -0.930. The maximum absolute atomic E-state index is 10.9. The van der Waals surface area contributed by atoms with Gasteiger partial charge in [0.2, 0.25) is 0 Å². The summed E-state index contributed by atoms with van der Waals surface area (Å²) in [7, 11) is 1.36. The highest BCUT2D eigenvalue weighted by Crippen LogP contribution is 2.06. The Bertz CT molecular complexity index is 482. The van der Waals surface area contributed by atoms with Gasteiger partial charge in [-0.2, -0.15) is 0 Å². The minimum atomic E-state index is -0.281. The molecular weight excluding hydrogens is 490 g/mol. The first kappa shape index (κ1) is 34.1. The highest BCUT2D eigenvalue weighted by atomic mass is 16.6. The number of carbonyl (C=O) groups excluding carboxylic acids is 1. The first-order valence-corrected chi connectivity index (χ1v) is 13.3. The molecule has 0 bridgehead atoms. The second kappa shape index (κ2) is 28.1. The monoisotopic (exact) mass is 539 g/mol. The summed E-state index contributed by atoms with van der Waals surface area (Å²) < 4.78 is 53.7. The van der Waals surface area contributed by atoms with E-state index in [4.69, 9.17) is 42.6 Å². The van der Waals surface area contributed by atoms with Crippen LogP contribution in [0, 0.1) is 0 Å². The van der Waals surface area contributed by atoms with Crippen molar-refractivity contribution in [3.05, 3.63) is 0 Å². The van der Waals surface area contributed by atoms with Crippen molar-refractivity contribution in [2.24, 2.45) is 0 Å². The quantitative estimate of drug-likeness (QED) is 0.110. The number of hydrogen-bond acceptors (Lipinski definition) is 12. The van der Waals surface area contributed by atoms with Gasteiger partial charge in [-0.05, 0) is 25.9 Å². The molecule has 1 aliphatic heterocycles. The average Bonchev–Trinajstić information content (AvgIpc) is 2.93. The van der Waals surface area contributed by atoms with Gasteiger partial charge in [0.1, 0.15) is 0 Å². The number of ether oxygens (including phenoxy) is 10. The maximum atomic E-state index is 10.9. The lowest BCUT2D eigenvalue weighted by molar-refractivity contribution is -0.141. The number of carbonyl (C=O) groups is 1. The van der Waals surface area contributed by atoms with Crippen molar-refractivity contribution >= 4 is 5.97 Å². The summed E-state index contributed by atoms with van der Waals surface area (Å²) in [5.74, 6) is -0.281. The zero-order chi connectivity index (χ0) is 26.5. The second-order valence-corrected chi connectivity index (χ2v) is 8.05. The Kier molecular flexibility index (Phi) is 25.9. The molecule has 0 aliphatic carbocycles. The third-order valence-electron chi connectivity index (χ3n) is 5.15. The summed E-state index contributed by atoms with van der Waals surface area (Å²) in [5, 5.41) is 3.32. The molecule has 12 heteroatoms. The van der Waals surface area contributed by atoms with E-state index in [9.17, 15) is 4.79 Å². The number of nitrogens with one attached hydrogen (secondary N) is 1. The number of hydrogen-bond donors (Lipinski definition) is 1. The predicted octanol–water partition coefficient (Wildman–Crippen LogP) is 0.451. The van der Waals surface area contributed by atoms with Crippen LogP contribution in [0.25, 0.3) is 0 Å². The van der Waals surface area contributed by atoms with Crippen molar-refractivity contribution in [1.29, 1.82) is 0 Å². The van der Waals surface area contributed by atoms with Gasteiger partial charge in [-0.25, -0.2) is 0 Å². The van der Waals surface area contributed by atoms with Crippen molar-refractivity contribution < 1.29 is 52.2 Å². The zero-order valence-electron chi connectivity index (χ0n) is 22.6. The van der Waals surface area contributed by atoms with Crippen LogP contribution in [-0.4, -0.2) is 145 Å². The Morgan fingerprint density at radius 3 is 1.22 bits per heavy atom. The third-order valence-corrected chi connectivity index (χ3v) is 5.15. The Morgan fingerprint density at radius 1 is 0.541 bits per heavy atom. The number of methoxy groups -OCH3 is 1. The lowest BCUT2D eigenvalue weighted by Crippen LogP contribution is -2.33. The van der Waals surface area contributed by atoms with Crippen LogP contribution in [-0.2, 0) is 52.2 Å². The molecule has 0 radical (unpaired) electrons. The van der Waals surface area contributed by atoms with Crippen molar-refractivity contribution in [2.45, 2.75) is 25.4 Å². The van der Waals surface area contributed by atoms with E-state index in [1.54, 1.807) is 0 Å². The summed E-state index contributed by atoms with van der Waals surface area (Å²) in [6.07, 6.45) is 2.78. The Morgan fingerprint density at radius 2 is 0.865 bits per heavy atom. The molecule has 0 aromatic heterocycles. The van der Waals surface area contributed by atoms with Crippen LogP contribution in [0.15, 0.2) is 0 Å². The molecule has 12 nitrogen and oxygen atoms in total. The maximum Gasteiger partial charge on any atom is 0.307 e. The van der Waals surface area contributed by atoms with Gasteiger partial charge in [0.25, 0.3) is 0 Å². The number of esters is 1. The molecule has 0 amide bonds. The van der Waals surface area contributed by atoms with E-state index in [1.165, 1.54) is 7.11 Å². The topological polar surface area (TPSA) is 121 Å². The molecule has 0 unspecified atom stereocenters. The molecule has 0 spiro atoms. The van der Waals surface area contributed by atoms with E-state index in [-0.39, 0.29) is 12.4 Å². The van der Waals surface area contributed by atoms with E-state index in [2.05, 4.69) is 10.1 Å². The first-order valence-electron chi connectivity index (χ1n) is 13.3. The van der Waals surface area contributed by atoms with Crippen LogP contribution in [0.3, 0.4) is 0 Å². The van der Waals surface area contributed by atoms with Crippen molar-refractivity contribution in [1.82, 2.24) is 5.32 Å². The van der Waals surface area contributed by atoms with E-state index in [1.807, 2.05) is 0 Å². The van der Waals surface area contributed by atoms with E-state index in [0.29, 0.717) is 118 Å². The van der Waals surface area contributed by atoms with Crippen LogP contribution in [0.4, 0.5) is 0 Å². The van der Waals surface area contributed by atoms with Gasteiger partial charge in [0, 0.05) is 0 Å². The molecule has 1 saturated heterocycles. The average molecular weight is 540 g/mol. The minimum absolute atomic E-state index is 0.251. The molecule has 1 rings (SSSR count). The third kappa shape index (κ3) is 25.1. The normalized spacial score (nSPS) is 14.3. The summed E-state index contributed by atoms with van der Waals surface area (Å²) >= 11 is 0. The van der Waals surface area contributed by atoms with Crippen LogP contribution < -0.4 is 5.32 Å². The fourth-order valence-corrected chi connectivity index (χ4v) is 3.13. The van der Waals surface area contributed by atoms with E-state index < -0.39 is 0 Å². The lowest BCUT2D eigenvalue weighted by Gasteiger charge is -2.22. The highest BCUT2D eigenvalue weighted by Gasteiger charge is 2.12. The lowest BCUT2D eigenvalue weighted by atomic mass is 10.1. The fourth-order valence-electron chi connectivity index (χ4n) is 3.13. The molecule has 0 saturated carbocycles. The van der Waals surface area contributed by atoms with Gasteiger partial charge in [-0.3, -0.25) is 4.79 Å². The molecule has 1 heterocycles. The predicted molar refractivity (Wildman–Crippen MR) is 135 cm³/mol. The number of piperidine rings is 1. The van der Waals surface area contributed by atoms with Gasteiger partial charge < -0.3 is 52.7 Å². The Labute approximate surface area is 221 Å². The van der Waals surface area contributed by atoms with E-state index >= 15 is 0 Å². The highest BCUT2D eigenvalue weighted by molar-refractivity contribution is 5.69. The van der Waals surface area contributed by atoms with Gasteiger partial charge in [0.15, 0.2) is 0 Å². The van der Waals surface area contributed by atoms with Crippen LogP contribution in [0.5, 0.6) is 0 Å². The minimum Gasteiger partial charge on any atom is -0.469 e. The van der Waals surface area contributed by atoms with Crippen LogP contribution in [0.2, 0.25) is 0 Å². The molecular formula is C25H49NO11.